The lowest BCUT2D eigenvalue weighted by atomic mass is 10.1. The van der Waals surface area contributed by atoms with Crippen molar-refractivity contribution in [2.75, 3.05) is 12.4 Å². The normalized spacial score (nSPS) is 11.6. The fourth-order valence-corrected chi connectivity index (χ4v) is 2.37. The van der Waals surface area contributed by atoms with E-state index in [0.717, 1.165) is 10.9 Å². The van der Waals surface area contributed by atoms with Gasteiger partial charge in [0, 0.05) is 18.0 Å². The number of carbonyl (C=O) groups excluding carboxylic acids is 1. The minimum Gasteiger partial charge on any atom is -0.452 e. The molecule has 4 heteroatoms. The maximum absolute atomic E-state index is 10.9. The van der Waals surface area contributed by atoms with E-state index in [4.69, 9.17) is 4.42 Å². The van der Waals surface area contributed by atoms with Crippen LogP contribution in [0.4, 0.5) is 5.69 Å². The third-order valence-corrected chi connectivity index (χ3v) is 3.28. The molecule has 2 aromatic carbocycles. The van der Waals surface area contributed by atoms with Gasteiger partial charge in [-0.25, -0.2) is 0 Å². The summed E-state index contributed by atoms with van der Waals surface area (Å²) in [6, 6.07) is 17.3. The molecule has 3 aromatic rings. The highest BCUT2D eigenvalue weighted by atomic mass is 16.3. The molecule has 0 unspecified atom stereocenters. The Balaban J connectivity index is 2.23. The maximum Gasteiger partial charge on any atom is 0.211 e. The number of nitrogens with zero attached hydrogens (tertiary/aromatic N) is 1. The van der Waals surface area contributed by atoms with Gasteiger partial charge in [-0.05, 0) is 12.1 Å². The number of rotatable bonds is 4. The first-order valence-electron chi connectivity index (χ1n) is 6.59. The first-order valence-corrected chi connectivity index (χ1v) is 6.59. The summed E-state index contributed by atoms with van der Waals surface area (Å²) < 4.78 is 5.91. The van der Waals surface area contributed by atoms with Crippen LogP contribution in [-0.2, 0) is 4.79 Å². The Bertz CT molecular complexity index is 804. The second-order valence-corrected chi connectivity index (χ2v) is 4.50. The van der Waals surface area contributed by atoms with Crippen LogP contribution >= 0.6 is 0 Å². The molecular formula is C17H14N2O2. The summed E-state index contributed by atoms with van der Waals surface area (Å²) in [6.07, 6.45) is 0.652. The Morgan fingerprint density at radius 1 is 1.10 bits per heavy atom. The van der Waals surface area contributed by atoms with Gasteiger partial charge in [-0.1, -0.05) is 42.5 Å². The van der Waals surface area contributed by atoms with E-state index in [-0.39, 0.29) is 0 Å². The Morgan fingerprint density at radius 3 is 2.52 bits per heavy atom. The molecule has 1 amide bonds. The van der Waals surface area contributed by atoms with Crippen molar-refractivity contribution in [2.24, 2.45) is 4.99 Å². The van der Waals surface area contributed by atoms with Gasteiger partial charge in [0.15, 0.2) is 5.76 Å². The molecule has 0 fully saturated rings. The lowest BCUT2D eigenvalue weighted by Crippen LogP contribution is -2.06. The predicted octanol–water partition coefficient (Wildman–Crippen LogP) is 3.47. The van der Waals surface area contributed by atoms with E-state index in [9.17, 15) is 4.79 Å². The van der Waals surface area contributed by atoms with Gasteiger partial charge in [0.2, 0.25) is 6.41 Å². The number of benzene rings is 2. The van der Waals surface area contributed by atoms with Crippen molar-refractivity contribution >= 4 is 28.8 Å². The van der Waals surface area contributed by atoms with Crippen molar-refractivity contribution in [3.8, 4) is 0 Å². The summed E-state index contributed by atoms with van der Waals surface area (Å²) in [4.78, 5) is 15.3. The molecule has 0 aliphatic heterocycles. The summed E-state index contributed by atoms with van der Waals surface area (Å²) in [6.45, 7) is 0. The zero-order valence-electron chi connectivity index (χ0n) is 11.5. The van der Waals surface area contributed by atoms with Gasteiger partial charge < -0.3 is 9.73 Å². The summed E-state index contributed by atoms with van der Waals surface area (Å²) in [5, 5.41) is 3.59. The third-order valence-electron chi connectivity index (χ3n) is 3.28. The van der Waals surface area contributed by atoms with Crippen LogP contribution < -0.4 is 5.32 Å². The van der Waals surface area contributed by atoms with Crippen molar-refractivity contribution in [1.82, 2.24) is 0 Å². The SMILES string of the molecule is CN=C(c1ccccc1)c1oc2ccccc2c1NC=O. The molecule has 0 radical (unpaired) electrons. The van der Waals surface area contributed by atoms with E-state index in [1.54, 1.807) is 7.05 Å². The molecule has 4 nitrogen and oxygen atoms in total. The number of carbonyl (C=O) groups is 1. The van der Waals surface area contributed by atoms with Crippen molar-refractivity contribution in [3.05, 3.63) is 65.9 Å². The molecule has 104 valence electrons. The predicted molar refractivity (Wildman–Crippen MR) is 83.9 cm³/mol. The second-order valence-electron chi connectivity index (χ2n) is 4.50. The molecule has 0 atom stereocenters. The zero-order chi connectivity index (χ0) is 14.7. The Hall–Kier alpha value is -2.88. The number of hydrogen-bond donors (Lipinski definition) is 1. The molecule has 21 heavy (non-hydrogen) atoms. The van der Waals surface area contributed by atoms with E-state index < -0.39 is 0 Å². The first-order chi connectivity index (χ1) is 10.3. The summed E-state index contributed by atoms with van der Waals surface area (Å²) in [7, 11) is 1.71. The van der Waals surface area contributed by atoms with E-state index in [1.165, 1.54) is 0 Å². The van der Waals surface area contributed by atoms with Crippen LogP contribution in [0.15, 0.2) is 64.0 Å². The zero-order valence-corrected chi connectivity index (χ0v) is 11.5. The molecule has 0 spiro atoms. The van der Waals surface area contributed by atoms with E-state index in [2.05, 4.69) is 10.3 Å². The molecule has 1 heterocycles. The maximum atomic E-state index is 10.9. The van der Waals surface area contributed by atoms with Gasteiger partial charge in [-0.2, -0.15) is 0 Å². The van der Waals surface area contributed by atoms with Crippen LogP contribution in [0.1, 0.15) is 11.3 Å². The van der Waals surface area contributed by atoms with Crippen LogP contribution in [-0.4, -0.2) is 19.2 Å². The van der Waals surface area contributed by atoms with E-state index in [0.29, 0.717) is 29.2 Å². The van der Waals surface area contributed by atoms with Crippen LogP contribution in [0.2, 0.25) is 0 Å². The van der Waals surface area contributed by atoms with E-state index in [1.807, 2.05) is 54.6 Å². The summed E-state index contributed by atoms with van der Waals surface area (Å²) in [5.41, 5.74) is 3.00. The van der Waals surface area contributed by atoms with Crippen molar-refractivity contribution in [1.29, 1.82) is 0 Å². The van der Waals surface area contributed by atoms with Crippen LogP contribution in [0.25, 0.3) is 11.0 Å². The molecule has 0 bridgehead atoms. The standard InChI is InChI=1S/C17H14N2O2/c1-18-15(12-7-3-2-4-8-12)17-16(19-11-20)13-9-5-6-10-14(13)21-17/h2-11H,1H3,(H,19,20). The number of hydrogen-bond acceptors (Lipinski definition) is 3. The topological polar surface area (TPSA) is 54.6 Å². The number of para-hydroxylation sites is 1. The van der Waals surface area contributed by atoms with Gasteiger partial charge in [-0.3, -0.25) is 9.79 Å². The third kappa shape index (κ3) is 2.31. The van der Waals surface area contributed by atoms with Crippen molar-refractivity contribution in [2.45, 2.75) is 0 Å². The number of anilines is 1. The minimum atomic E-state index is 0.567. The molecule has 0 aliphatic carbocycles. The lowest BCUT2D eigenvalue weighted by molar-refractivity contribution is -0.105. The Labute approximate surface area is 122 Å². The highest BCUT2D eigenvalue weighted by molar-refractivity contribution is 6.18. The number of furan rings is 1. The first kappa shape index (κ1) is 13.1. The van der Waals surface area contributed by atoms with Gasteiger partial charge >= 0.3 is 0 Å². The molecule has 3 rings (SSSR count). The van der Waals surface area contributed by atoms with Gasteiger partial charge in [0.25, 0.3) is 0 Å². The van der Waals surface area contributed by atoms with Crippen LogP contribution in [0.3, 0.4) is 0 Å². The number of amides is 1. The molecule has 0 saturated heterocycles. The van der Waals surface area contributed by atoms with Crippen LogP contribution in [0.5, 0.6) is 0 Å². The minimum absolute atomic E-state index is 0.567. The fourth-order valence-electron chi connectivity index (χ4n) is 2.37. The Kier molecular flexibility index (Phi) is 3.51. The van der Waals surface area contributed by atoms with Crippen molar-refractivity contribution in [3.63, 3.8) is 0 Å². The molecule has 0 saturated carbocycles. The number of nitrogens with one attached hydrogen (secondary N) is 1. The van der Waals surface area contributed by atoms with Gasteiger partial charge in [0.05, 0.1) is 5.69 Å². The monoisotopic (exact) mass is 278 g/mol. The highest BCUT2D eigenvalue weighted by Crippen LogP contribution is 2.32. The van der Waals surface area contributed by atoms with Gasteiger partial charge in [-0.15, -0.1) is 0 Å². The lowest BCUT2D eigenvalue weighted by Gasteiger charge is -2.05. The largest absolute Gasteiger partial charge is 0.452 e. The molecule has 1 aromatic heterocycles. The molecular weight excluding hydrogens is 264 g/mol. The van der Waals surface area contributed by atoms with Crippen LogP contribution in [0, 0.1) is 0 Å². The average molecular weight is 278 g/mol. The molecule has 0 aliphatic rings. The summed E-state index contributed by atoms with van der Waals surface area (Å²) >= 11 is 0. The fraction of sp³-hybridized carbons (Fsp3) is 0.0588. The van der Waals surface area contributed by atoms with E-state index >= 15 is 0 Å². The molecule has 1 N–H and O–H groups in total. The highest BCUT2D eigenvalue weighted by Gasteiger charge is 2.19. The van der Waals surface area contributed by atoms with Gasteiger partial charge in [0.1, 0.15) is 11.3 Å². The second kappa shape index (κ2) is 5.63. The number of aliphatic imine (C=N–C) groups is 1. The number of fused-ring (bicyclic) bond motifs is 1. The Morgan fingerprint density at radius 2 is 1.81 bits per heavy atom. The quantitative estimate of drug-likeness (QED) is 0.587. The smallest absolute Gasteiger partial charge is 0.211 e. The average Bonchev–Trinajstić information content (AvgIpc) is 2.89. The van der Waals surface area contributed by atoms with Crippen molar-refractivity contribution < 1.29 is 9.21 Å². The summed E-state index contributed by atoms with van der Waals surface area (Å²) in [5.74, 6) is 0.567.